The molecule has 4 rings (SSSR count). The van der Waals surface area contributed by atoms with Crippen LogP contribution in [0.15, 0.2) is 16.9 Å². The Kier molecular flexibility index (Phi) is 4.78. The molecule has 0 spiro atoms. The zero-order chi connectivity index (χ0) is 18.1. The quantitative estimate of drug-likeness (QED) is 0.856. The summed E-state index contributed by atoms with van der Waals surface area (Å²) >= 11 is 0. The number of nitrogens with one attached hydrogen (secondary N) is 1. The number of hydrogen-bond donors (Lipinski definition) is 1. The van der Waals surface area contributed by atoms with Crippen molar-refractivity contribution >= 4 is 11.6 Å². The van der Waals surface area contributed by atoms with Crippen LogP contribution < -0.4 is 5.56 Å². The highest BCUT2D eigenvalue weighted by Crippen LogP contribution is 2.26. The van der Waals surface area contributed by atoms with E-state index in [-0.39, 0.29) is 17.4 Å². The number of amides is 1. The first kappa shape index (κ1) is 17.2. The highest BCUT2D eigenvalue weighted by atomic mass is 16.5. The third-order valence-electron chi connectivity index (χ3n) is 5.33. The molecule has 0 bridgehead atoms. The smallest absolute Gasteiger partial charge is 0.272 e. The molecule has 0 aromatic carbocycles. The van der Waals surface area contributed by atoms with E-state index < -0.39 is 0 Å². The Morgan fingerprint density at radius 3 is 2.69 bits per heavy atom. The van der Waals surface area contributed by atoms with E-state index in [0.29, 0.717) is 38.5 Å². The zero-order valence-corrected chi connectivity index (χ0v) is 15.1. The lowest BCUT2D eigenvalue weighted by molar-refractivity contribution is -0.136. The van der Waals surface area contributed by atoms with E-state index in [0.717, 1.165) is 37.3 Å². The Morgan fingerprint density at radius 1 is 1.23 bits per heavy atom. The fourth-order valence-corrected chi connectivity index (χ4v) is 3.83. The Bertz CT molecular complexity index is 844. The maximum Gasteiger partial charge on any atom is 0.272 e. The number of hydrogen-bond acceptors (Lipinski definition) is 5. The summed E-state index contributed by atoms with van der Waals surface area (Å²) in [7, 11) is 0. The van der Waals surface area contributed by atoms with Gasteiger partial charge in [0.15, 0.2) is 5.65 Å². The Labute approximate surface area is 151 Å². The second-order valence-corrected chi connectivity index (χ2v) is 7.20. The number of piperidine rings is 1. The van der Waals surface area contributed by atoms with Crippen LogP contribution in [-0.4, -0.2) is 76.2 Å². The monoisotopic (exact) mass is 359 g/mol. The molecule has 2 aliphatic rings. The number of fused-ring (bicyclic) bond motifs is 1. The first-order chi connectivity index (χ1) is 12.6. The molecule has 0 atom stereocenters. The lowest BCUT2D eigenvalue weighted by Crippen LogP contribution is -2.47. The molecule has 140 valence electrons. The summed E-state index contributed by atoms with van der Waals surface area (Å²) in [6.07, 6.45) is 1.84. The van der Waals surface area contributed by atoms with Gasteiger partial charge in [-0.1, -0.05) is 0 Å². The number of aromatic nitrogens is 3. The number of morpholine rings is 1. The van der Waals surface area contributed by atoms with Gasteiger partial charge in [0.05, 0.1) is 25.5 Å². The molecular weight excluding hydrogens is 334 g/mol. The normalized spacial score (nSPS) is 20.0. The fraction of sp³-hybridized carbons (Fsp3) is 0.611. The minimum atomic E-state index is -0.0666. The third kappa shape index (κ3) is 3.52. The predicted molar refractivity (Wildman–Crippen MR) is 96.4 cm³/mol. The standard InChI is InChI=1S/C18H25N5O3/c1-13-10-16-19-15(11-17(24)23(16)20-13)14-2-4-21(5-3-14)12-18(25)22-6-8-26-9-7-22/h10-11,14,20H,2-9,12H2,1H3. The van der Waals surface area contributed by atoms with Gasteiger partial charge >= 0.3 is 0 Å². The molecule has 26 heavy (non-hydrogen) atoms. The van der Waals surface area contributed by atoms with Crippen molar-refractivity contribution < 1.29 is 9.53 Å². The van der Waals surface area contributed by atoms with Gasteiger partial charge in [0.1, 0.15) is 0 Å². The average Bonchev–Trinajstić information content (AvgIpc) is 3.04. The van der Waals surface area contributed by atoms with Crippen LogP contribution in [0.1, 0.15) is 30.1 Å². The predicted octanol–water partition coefficient (Wildman–Crippen LogP) is 0.369. The van der Waals surface area contributed by atoms with E-state index in [4.69, 9.17) is 4.74 Å². The van der Waals surface area contributed by atoms with Crippen LogP contribution in [-0.2, 0) is 9.53 Å². The minimum absolute atomic E-state index is 0.0666. The number of rotatable bonds is 3. The second kappa shape index (κ2) is 7.20. The molecule has 2 saturated heterocycles. The van der Waals surface area contributed by atoms with Gasteiger partial charge in [-0.3, -0.25) is 19.6 Å². The van der Waals surface area contributed by atoms with E-state index in [1.807, 2.05) is 17.9 Å². The number of carbonyl (C=O) groups is 1. The van der Waals surface area contributed by atoms with Crippen molar-refractivity contribution in [2.24, 2.45) is 0 Å². The Balaban J connectivity index is 1.37. The number of aryl methyl sites for hydroxylation is 1. The summed E-state index contributed by atoms with van der Waals surface area (Å²) in [4.78, 5) is 33.4. The molecular formula is C18H25N5O3. The van der Waals surface area contributed by atoms with Gasteiger partial charge in [0.25, 0.3) is 5.56 Å². The van der Waals surface area contributed by atoms with Crippen LogP contribution in [0.4, 0.5) is 0 Å². The van der Waals surface area contributed by atoms with Crippen molar-refractivity contribution in [2.45, 2.75) is 25.7 Å². The van der Waals surface area contributed by atoms with E-state index in [1.165, 1.54) is 4.52 Å². The maximum atomic E-state index is 12.4. The highest BCUT2D eigenvalue weighted by Gasteiger charge is 2.26. The molecule has 8 nitrogen and oxygen atoms in total. The molecule has 1 N–H and O–H groups in total. The minimum Gasteiger partial charge on any atom is -0.378 e. The van der Waals surface area contributed by atoms with Crippen LogP contribution in [0.3, 0.4) is 0 Å². The number of aromatic amines is 1. The highest BCUT2D eigenvalue weighted by molar-refractivity contribution is 5.78. The Hall–Kier alpha value is -2.19. The summed E-state index contributed by atoms with van der Waals surface area (Å²) in [6, 6.07) is 3.53. The van der Waals surface area contributed by atoms with Crippen molar-refractivity contribution in [3.63, 3.8) is 0 Å². The van der Waals surface area contributed by atoms with Gasteiger partial charge in [0.2, 0.25) is 5.91 Å². The lowest BCUT2D eigenvalue weighted by atomic mass is 9.93. The topological polar surface area (TPSA) is 82.9 Å². The van der Waals surface area contributed by atoms with Crippen LogP contribution in [0.2, 0.25) is 0 Å². The van der Waals surface area contributed by atoms with Gasteiger partial charge in [-0.15, -0.1) is 0 Å². The van der Waals surface area contributed by atoms with E-state index in [1.54, 1.807) is 6.07 Å². The molecule has 1 amide bonds. The number of ether oxygens (including phenoxy) is 1. The van der Waals surface area contributed by atoms with Crippen molar-refractivity contribution in [1.82, 2.24) is 24.4 Å². The average molecular weight is 359 g/mol. The first-order valence-corrected chi connectivity index (χ1v) is 9.27. The van der Waals surface area contributed by atoms with Crippen LogP contribution in [0.5, 0.6) is 0 Å². The third-order valence-corrected chi connectivity index (χ3v) is 5.33. The Morgan fingerprint density at radius 2 is 1.96 bits per heavy atom. The molecule has 0 unspecified atom stereocenters. The van der Waals surface area contributed by atoms with E-state index >= 15 is 0 Å². The molecule has 0 aliphatic carbocycles. The van der Waals surface area contributed by atoms with E-state index in [9.17, 15) is 9.59 Å². The van der Waals surface area contributed by atoms with Crippen LogP contribution in [0, 0.1) is 6.92 Å². The van der Waals surface area contributed by atoms with Crippen molar-refractivity contribution in [3.8, 4) is 0 Å². The van der Waals surface area contributed by atoms with Crippen LogP contribution >= 0.6 is 0 Å². The van der Waals surface area contributed by atoms with Crippen molar-refractivity contribution in [3.05, 3.63) is 33.9 Å². The summed E-state index contributed by atoms with van der Waals surface area (Å²) in [5.74, 6) is 0.463. The zero-order valence-electron chi connectivity index (χ0n) is 15.1. The molecule has 2 aliphatic heterocycles. The summed E-state index contributed by atoms with van der Waals surface area (Å²) < 4.78 is 6.78. The van der Waals surface area contributed by atoms with E-state index in [2.05, 4.69) is 15.0 Å². The molecule has 2 aromatic rings. The van der Waals surface area contributed by atoms with Gasteiger partial charge in [-0.05, 0) is 32.9 Å². The van der Waals surface area contributed by atoms with Gasteiger partial charge < -0.3 is 9.64 Å². The summed E-state index contributed by atoms with van der Waals surface area (Å²) in [5, 5.41) is 3.00. The van der Waals surface area contributed by atoms with Crippen LogP contribution in [0.25, 0.3) is 5.65 Å². The number of likely N-dealkylation sites (tertiary alicyclic amines) is 1. The maximum absolute atomic E-state index is 12.4. The van der Waals surface area contributed by atoms with Crippen molar-refractivity contribution in [1.29, 1.82) is 0 Å². The number of nitrogens with zero attached hydrogens (tertiary/aromatic N) is 4. The second-order valence-electron chi connectivity index (χ2n) is 7.20. The molecule has 0 radical (unpaired) electrons. The molecule has 0 saturated carbocycles. The summed E-state index contributed by atoms with van der Waals surface area (Å²) in [6.45, 7) is 6.75. The number of H-pyrrole nitrogens is 1. The van der Waals surface area contributed by atoms with Crippen molar-refractivity contribution in [2.75, 3.05) is 45.9 Å². The number of carbonyl (C=O) groups excluding carboxylic acids is 1. The van der Waals surface area contributed by atoms with Gasteiger partial charge in [0, 0.05) is 36.8 Å². The summed E-state index contributed by atoms with van der Waals surface area (Å²) in [5.41, 5.74) is 2.40. The molecule has 2 aromatic heterocycles. The first-order valence-electron chi connectivity index (χ1n) is 9.27. The molecule has 4 heterocycles. The lowest BCUT2D eigenvalue weighted by Gasteiger charge is -2.33. The van der Waals surface area contributed by atoms with Gasteiger partial charge in [-0.25, -0.2) is 9.50 Å². The van der Waals surface area contributed by atoms with Gasteiger partial charge in [-0.2, -0.15) is 0 Å². The SMILES string of the molecule is Cc1cc2nc(C3CCN(CC(=O)N4CCOCC4)CC3)cc(=O)n2[nH]1. The largest absolute Gasteiger partial charge is 0.378 e. The molecule has 8 heteroatoms. The molecule has 2 fully saturated rings. The fourth-order valence-electron chi connectivity index (χ4n) is 3.83.